The molecule has 1 atom stereocenters. The third-order valence-electron chi connectivity index (χ3n) is 3.96. The van der Waals surface area contributed by atoms with Crippen LogP contribution >= 0.6 is 0 Å². The number of aliphatic hydroxyl groups excluding tert-OH is 1. The van der Waals surface area contributed by atoms with E-state index in [0.717, 1.165) is 18.2 Å². The number of aliphatic hydroxyl groups is 1. The molecule has 1 aromatic heterocycles. The first-order valence-electron chi connectivity index (χ1n) is 8.56. The number of fused-ring (bicyclic) bond motifs is 1. The first kappa shape index (κ1) is 21.2. The van der Waals surface area contributed by atoms with Crippen LogP contribution in [0.4, 0.5) is 13.2 Å². The van der Waals surface area contributed by atoms with Crippen LogP contribution in [0.1, 0.15) is 16.1 Å². The van der Waals surface area contributed by atoms with Crippen molar-refractivity contribution in [3.05, 3.63) is 70.1 Å². The fourth-order valence-electron chi connectivity index (χ4n) is 2.59. The van der Waals surface area contributed by atoms with Crippen molar-refractivity contribution in [2.24, 2.45) is 0 Å². The number of halogens is 3. The number of ether oxygens (including phenoxy) is 2. The summed E-state index contributed by atoms with van der Waals surface area (Å²) in [6.07, 6.45) is -5.74. The van der Waals surface area contributed by atoms with Crippen molar-refractivity contribution in [3.63, 3.8) is 0 Å². The van der Waals surface area contributed by atoms with E-state index in [4.69, 9.17) is 19.0 Å². The molecule has 10 heteroatoms. The maximum absolute atomic E-state index is 12.7. The number of carbonyl (C=O) groups is 1. The zero-order valence-electron chi connectivity index (χ0n) is 15.2. The van der Waals surface area contributed by atoms with Gasteiger partial charge in [0.05, 0.1) is 5.56 Å². The van der Waals surface area contributed by atoms with Crippen LogP contribution in [0.3, 0.4) is 0 Å². The van der Waals surface area contributed by atoms with E-state index in [9.17, 15) is 27.9 Å². The van der Waals surface area contributed by atoms with Gasteiger partial charge in [-0.1, -0.05) is 12.1 Å². The van der Waals surface area contributed by atoms with Crippen molar-refractivity contribution < 1.29 is 42.1 Å². The molecule has 0 aliphatic carbocycles. The molecule has 1 unspecified atom stereocenters. The minimum atomic E-state index is -4.52. The number of rotatable bonds is 7. The van der Waals surface area contributed by atoms with Crippen LogP contribution in [0.25, 0.3) is 11.0 Å². The average molecular weight is 424 g/mol. The fraction of sp³-hybridized carbons (Fsp3) is 0.200. The topological polar surface area (TPSA) is 106 Å². The van der Waals surface area contributed by atoms with Gasteiger partial charge in [0.1, 0.15) is 41.8 Å². The van der Waals surface area contributed by atoms with E-state index in [1.54, 1.807) is 0 Å². The van der Waals surface area contributed by atoms with Gasteiger partial charge >= 0.3 is 12.1 Å². The van der Waals surface area contributed by atoms with Gasteiger partial charge < -0.3 is 24.1 Å². The normalized spacial score (nSPS) is 12.5. The van der Waals surface area contributed by atoms with E-state index in [1.165, 1.54) is 30.3 Å². The minimum absolute atomic E-state index is 0.00602. The second kappa shape index (κ2) is 8.46. The number of carboxylic acids is 1. The SMILES string of the molecule is O=C(O)c1cc(=O)c2c(OCC(O)COc3cccc(C(F)(F)F)c3)cccc2o1. The zero-order chi connectivity index (χ0) is 21.9. The van der Waals surface area contributed by atoms with Gasteiger partial charge in [-0.25, -0.2) is 4.79 Å². The summed E-state index contributed by atoms with van der Waals surface area (Å²) in [5.41, 5.74) is -1.53. The number of hydrogen-bond donors (Lipinski definition) is 2. The third-order valence-corrected chi connectivity index (χ3v) is 3.96. The smallest absolute Gasteiger partial charge is 0.416 e. The maximum atomic E-state index is 12.7. The van der Waals surface area contributed by atoms with Gasteiger partial charge in [0.25, 0.3) is 0 Å². The Morgan fingerprint density at radius 1 is 1.07 bits per heavy atom. The lowest BCUT2D eigenvalue weighted by atomic mass is 10.2. The molecule has 0 fully saturated rings. The van der Waals surface area contributed by atoms with Gasteiger partial charge in [-0.3, -0.25) is 4.79 Å². The Balaban J connectivity index is 1.67. The van der Waals surface area contributed by atoms with Crippen LogP contribution in [-0.4, -0.2) is 35.5 Å². The van der Waals surface area contributed by atoms with Crippen LogP contribution in [0.2, 0.25) is 0 Å². The van der Waals surface area contributed by atoms with E-state index in [1.807, 2.05) is 0 Å². The fourth-order valence-corrected chi connectivity index (χ4v) is 2.59. The summed E-state index contributed by atoms with van der Waals surface area (Å²) in [6.45, 7) is -0.692. The first-order chi connectivity index (χ1) is 14.1. The van der Waals surface area contributed by atoms with Crippen molar-refractivity contribution in [1.82, 2.24) is 0 Å². The molecule has 3 aromatic rings. The van der Waals surface area contributed by atoms with Crippen molar-refractivity contribution in [2.75, 3.05) is 13.2 Å². The molecule has 7 nitrogen and oxygen atoms in total. The van der Waals surface area contributed by atoms with Gasteiger partial charge in [0, 0.05) is 6.07 Å². The second-order valence-corrected chi connectivity index (χ2v) is 6.21. The molecule has 158 valence electrons. The van der Waals surface area contributed by atoms with E-state index in [2.05, 4.69) is 0 Å². The Hall–Kier alpha value is -3.53. The third kappa shape index (κ3) is 4.90. The molecular weight excluding hydrogens is 409 g/mol. The highest BCUT2D eigenvalue weighted by atomic mass is 19.4. The lowest BCUT2D eigenvalue weighted by Crippen LogP contribution is -2.25. The second-order valence-electron chi connectivity index (χ2n) is 6.21. The first-order valence-corrected chi connectivity index (χ1v) is 8.56. The number of alkyl halides is 3. The summed E-state index contributed by atoms with van der Waals surface area (Å²) >= 11 is 0. The molecule has 3 rings (SSSR count). The highest BCUT2D eigenvalue weighted by Gasteiger charge is 2.30. The van der Waals surface area contributed by atoms with Crippen LogP contribution in [0.5, 0.6) is 11.5 Å². The standard InChI is InChI=1S/C20H15F3O7/c21-20(22,23)11-3-1-4-13(7-11)28-9-12(24)10-29-15-5-2-6-16-18(15)14(25)8-17(30-16)19(26)27/h1-8,12,24H,9-10H2,(H,26,27). The van der Waals surface area contributed by atoms with Crippen molar-refractivity contribution in [3.8, 4) is 11.5 Å². The number of carboxylic acid groups (broad SMARTS) is 1. The largest absolute Gasteiger partial charge is 0.491 e. The summed E-state index contributed by atoms with van der Waals surface area (Å²) in [5, 5.41) is 19.0. The molecular formula is C20H15F3O7. The Labute approximate surface area is 166 Å². The minimum Gasteiger partial charge on any atom is -0.491 e. The molecule has 2 N–H and O–H groups in total. The lowest BCUT2D eigenvalue weighted by Gasteiger charge is -2.15. The monoisotopic (exact) mass is 424 g/mol. The lowest BCUT2D eigenvalue weighted by molar-refractivity contribution is -0.137. The predicted molar refractivity (Wildman–Crippen MR) is 97.9 cm³/mol. The summed E-state index contributed by atoms with van der Waals surface area (Å²) in [7, 11) is 0. The van der Waals surface area contributed by atoms with Gasteiger partial charge in [0.15, 0.2) is 5.43 Å². The van der Waals surface area contributed by atoms with Crippen LogP contribution in [0.15, 0.2) is 57.7 Å². The van der Waals surface area contributed by atoms with Crippen molar-refractivity contribution >= 4 is 16.9 Å². The number of hydrogen-bond acceptors (Lipinski definition) is 6. The Morgan fingerprint density at radius 3 is 2.47 bits per heavy atom. The molecule has 1 heterocycles. The molecule has 0 radical (unpaired) electrons. The molecule has 0 saturated carbocycles. The van der Waals surface area contributed by atoms with E-state index in [-0.39, 0.29) is 35.7 Å². The highest BCUT2D eigenvalue weighted by Crippen LogP contribution is 2.31. The summed E-state index contributed by atoms with van der Waals surface area (Å²) in [4.78, 5) is 23.2. The quantitative estimate of drug-likeness (QED) is 0.599. The number of benzene rings is 2. The van der Waals surface area contributed by atoms with Gasteiger partial charge in [-0.05, 0) is 30.3 Å². The van der Waals surface area contributed by atoms with E-state index in [0.29, 0.717) is 0 Å². The van der Waals surface area contributed by atoms with Gasteiger partial charge in [-0.15, -0.1) is 0 Å². The summed E-state index contributed by atoms with van der Waals surface area (Å²) < 4.78 is 53.9. The van der Waals surface area contributed by atoms with Gasteiger partial charge in [0.2, 0.25) is 5.76 Å². The van der Waals surface area contributed by atoms with Crippen LogP contribution in [-0.2, 0) is 6.18 Å². The number of aromatic carboxylic acids is 1. The Morgan fingerprint density at radius 2 is 1.77 bits per heavy atom. The maximum Gasteiger partial charge on any atom is 0.416 e. The predicted octanol–water partition coefficient (Wildman–Crippen LogP) is 3.33. The van der Waals surface area contributed by atoms with Crippen molar-refractivity contribution in [1.29, 1.82) is 0 Å². The molecule has 0 saturated heterocycles. The molecule has 30 heavy (non-hydrogen) atoms. The molecule has 0 bridgehead atoms. The van der Waals surface area contributed by atoms with Crippen LogP contribution < -0.4 is 14.9 Å². The molecule has 2 aromatic carbocycles. The van der Waals surface area contributed by atoms with E-state index >= 15 is 0 Å². The van der Waals surface area contributed by atoms with Crippen LogP contribution in [0, 0.1) is 0 Å². The molecule has 0 spiro atoms. The molecule has 0 aliphatic heterocycles. The highest BCUT2D eigenvalue weighted by molar-refractivity contribution is 5.89. The van der Waals surface area contributed by atoms with Gasteiger partial charge in [-0.2, -0.15) is 13.2 Å². The van der Waals surface area contributed by atoms with Crippen molar-refractivity contribution in [2.45, 2.75) is 12.3 Å². The average Bonchev–Trinajstić information content (AvgIpc) is 2.70. The van der Waals surface area contributed by atoms with E-state index < -0.39 is 35.0 Å². The summed E-state index contributed by atoms with van der Waals surface area (Å²) in [5.74, 6) is -1.95. The zero-order valence-corrected chi connectivity index (χ0v) is 15.2. The summed E-state index contributed by atoms with van der Waals surface area (Å²) in [6, 6.07) is 9.31. The Kier molecular flexibility index (Phi) is 5.97. The molecule has 0 aliphatic rings. The Bertz CT molecular complexity index is 1120. The molecule has 0 amide bonds.